The van der Waals surface area contributed by atoms with E-state index in [9.17, 15) is 0 Å². The fourth-order valence-corrected chi connectivity index (χ4v) is 6.14. The molecular weight excluding hydrogens is 476 g/mol. The molecular formula is C30H34N6O2. The lowest BCUT2D eigenvalue weighted by Gasteiger charge is -2.31. The summed E-state index contributed by atoms with van der Waals surface area (Å²) in [4.78, 5) is 13.5. The van der Waals surface area contributed by atoms with Gasteiger partial charge in [-0.1, -0.05) is 18.1 Å². The van der Waals surface area contributed by atoms with Gasteiger partial charge in [-0.05, 0) is 76.8 Å². The zero-order chi connectivity index (χ0) is 26.7. The number of hydrogen-bond donors (Lipinski definition) is 2. The third-order valence-electron chi connectivity index (χ3n) is 7.86. The summed E-state index contributed by atoms with van der Waals surface area (Å²) in [5, 5.41) is 5.33. The number of benzene rings is 1. The molecule has 2 fully saturated rings. The van der Waals surface area contributed by atoms with Crippen molar-refractivity contribution in [3.8, 4) is 12.3 Å². The Morgan fingerprint density at radius 1 is 1.18 bits per heavy atom. The van der Waals surface area contributed by atoms with E-state index in [-0.39, 0.29) is 18.2 Å². The second kappa shape index (κ2) is 8.97. The third-order valence-corrected chi connectivity index (χ3v) is 7.86. The molecule has 0 amide bonds. The number of nitrogens with zero attached hydrogens (tertiary/aromatic N) is 4. The van der Waals surface area contributed by atoms with Gasteiger partial charge in [0.1, 0.15) is 35.8 Å². The third kappa shape index (κ3) is 4.16. The molecule has 0 spiro atoms. The van der Waals surface area contributed by atoms with Crippen LogP contribution in [0.4, 0.5) is 11.6 Å². The topological polar surface area (TPSA) is 100 Å². The van der Waals surface area contributed by atoms with E-state index in [2.05, 4.69) is 63.9 Å². The minimum Gasteiger partial charge on any atom is -0.383 e. The van der Waals surface area contributed by atoms with Crippen LogP contribution in [0.25, 0.3) is 21.9 Å². The number of hydrogen-bond acceptors (Lipinski definition) is 7. The number of ether oxygens (including phenoxy) is 2. The van der Waals surface area contributed by atoms with Gasteiger partial charge in [-0.25, -0.2) is 15.0 Å². The predicted octanol–water partition coefficient (Wildman–Crippen LogP) is 5.10. The van der Waals surface area contributed by atoms with Gasteiger partial charge in [0.2, 0.25) is 0 Å². The molecule has 1 saturated carbocycles. The van der Waals surface area contributed by atoms with Crippen LogP contribution in [0.15, 0.2) is 48.9 Å². The number of nitrogens with two attached hydrogens (primary N) is 1. The Kier molecular flexibility index (Phi) is 5.82. The summed E-state index contributed by atoms with van der Waals surface area (Å²) in [5.41, 5.74) is 8.58. The normalized spacial score (nSPS) is 26.2. The molecule has 8 heteroatoms. The van der Waals surface area contributed by atoms with Crippen molar-refractivity contribution in [2.45, 2.75) is 77.0 Å². The molecule has 0 bridgehead atoms. The zero-order valence-electron chi connectivity index (χ0n) is 22.3. The van der Waals surface area contributed by atoms with Crippen LogP contribution in [0.1, 0.15) is 52.1 Å². The second-order valence-electron chi connectivity index (χ2n) is 11.3. The SMILES string of the molecule is C#C[C@]1(CCc2ccc3ccc(NC(C)C)nc3c2)C[C@@H](n2ccc3c(N)ncnc32)[C@@H]2OC(C)(C)O[C@@H]21. The maximum absolute atomic E-state index is 6.50. The van der Waals surface area contributed by atoms with Crippen molar-refractivity contribution in [1.82, 2.24) is 19.5 Å². The van der Waals surface area contributed by atoms with E-state index in [1.54, 1.807) is 0 Å². The highest BCUT2D eigenvalue weighted by molar-refractivity contribution is 5.86. The van der Waals surface area contributed by atoms with E-state index in [0.29, 0.717) is 11.9 Å². The molecule has 1 aromatic carbocycles. The summed E-state index contributed by atoms with van der Waals surface area (Å²) in [6.07, 6.45) is 11.7. The molecule has 2 aliphatic rings. The highest BCUT2D eigenvalue weighted by Gasteiger charge is 2.61. The van der Waals surface area contributed by atoms with Crippen LogP contribution < -0.4 is 11.1 Å². The summed E-state index contributed by atoms with van der Waals surface area (Å²) in [5.74, 6) is 3.80. The molecule has 1 aliphatic heterocycles. The van der Waals surface area contributed by atoms with Crippen molar-refractivity contribution in [3.63, 3.8) is 0 Å². The van der Waals surface area contributed by atoms with Crippen LogP contribution in [-0.4, -0.2) is 43.6 Å². The summed E-state index contributed by atoms with van der Waals surface area (Å²) >= 11 is 0. The summed E-state index contributed by atoms with van der Waals surface area (Å²) in [7, 11) is 0. The number of rotatable bonds is 6. The first-order valence-electron chi connectivity index (χ1n) is 13.2. The Hall–Kier alpha value is -3.67. The quantitative estimate of drug-likeness (QED) is 0.348. The van der Waals surface area contributed by atoms with Gasteiger partial charge in [-0.15, -0.1) is 6.42 Å². The number of aromatic nitrogens is 4. The first kappa shape index (κ1) is 24.7. The Bertz CT molecular complexity index is 1550. The number of fused-ring (bicyclic) bond motifs is 3. The number of nitrogen functional groups attached to an aromatic ring is 1. The first-order valence-corrected chi connectivity index (χ1v) is 13.2. The fourth-order valence-electron chi connectivity index (χ4n) is 6.14. The lowest BCUT2D eigenvalue weighted by molar-refractivity contribution is -0.165. The molecule has 4 heterocycles. The molecule has 8 nitrogen and oxygen atoms in total. The largest absolute Gasteiger partial charge is 0.383 e. The predicted molar refractivity (Wildman–Crippen MR) is 150 cm³/mol. The fraction of sp³-hybridized carbons (Fsp3) is 0.433. The molecule has 4 atom stereocenters. The van der Waals surface area contributed by atoms with Gasteiger partial charge in [0.05, 0.1) is 22.4 Å². The standard InChI is InChI=1S/C30H34N6O2/c1-6-30(13-11-19-7-8-20-9-10-24(34-18(2)3)35-22(20)15-19)16-23(25-26(30)38-29(4,5)37-25)36-14-12-21-27(31)32-17-33-28(21)36/h1,7-10,12,14-15,17-18,23,25-26H,11,13,16H2,2-5H3,(H,34,35)(H2,31,32,33)/t23-,25+,26+,30+/m1/s1. The lowest BCUT2D eigenvalue weighted by atomic mass is 9.79. The molecule has 3 N–H and O–H groups in total. The minimum absolute atomic E-state index is 0.0347. The zero-order valence-corrected chi connectivity index (χ0v) is 22.3. The number of nitrogens with one attached hydrogen (secondary N) is 1. The molecule has 1 aliphatic carbocycles. The number of aryl methyl sites for hydroxylation is 1. The molecule has 3 aromatic heterocycles. The van der Waals surface area contributed by atoms with E-state index in [1.165, 1.54) is 11.9 Å². The number of terminal acetylenes is 1. The van der Waals surface area contributed by atoms with Crippen LogP contribution >= 0.6 is 0 Å². The maximum atomic E-state index is 6.50. The molecule has 1 saturated heterocycles. The highest BCUT2D eigenvalue weighted by atomic mass is 16.8. The van der Waals surface area contributed by atoms with Crippen molar-refractivity contribution < 1.29 is 9.47 Å². The molecule has 0 unspecified atom stereocenters. The Labute approximate surface area is 223 Å². The van der Waals surface area contributed by atoms with Crippen LogP contribution in [0, 0.1) is 17.8 Å². The van der Waals surface area contributed by atoms with Crippen LogP contribution in [0.3, 0.4) is 0 Å². The first-order chi connectivity index (χ1) is 18.2. The van der Waals surface area contributed by atoms with E-state index < -0.39 is 11.2 Å². The van der Waals surface area contributed by atoms with Crippen LogP contribution in [0.5, 0.6) is 0 Å². The van der Waals surface area contributed by atoms with Crippen LogP contribution in [0.2, 0.25) is 0 Å². The molecule has 4 aromatic rings. The van der Waals surface area contributed by atoms with E-state index in [0.717, 1.165) is 47.0 Å². The molecule has 38 heavy (non-hydrogen) atoms. The second-order valence-corrected chi connectivity index (χ2v) is 11.3. The van der Waals surface area contributed by atoms with Gasteiger partial charge in [-0.2, -0.15) is 0 Å². The van der Waals surface area contributed by atoms with Gasteiger partial charge in [-0.3, -0.25) is 0 Å². The van der Waals surface area contributed by atoms with E-state index >= 15 is 0 Å². The van der Waals surface area contributed by atoms with E-state index in [4.69, 9.17) is 26.6 Å². The van der Waals surface area contributed by atoms with Gasteiger partial charge < -0.3 is 25.1 Å². The van der Waals surface area contributed by atoms with Gasteiger partial charge in [0.25, 0.3) is 0 Å². The van der Waals surface area contributed by atoms with Crippen molar-refractivity contribution >= 4 is 33.6 Å². The smallest absolute Gasteiger partial charge is 0.163 e. The Morgan fingerprint density at radius 2 is 2.00 bits per heavy atom. The maximum Gasteiger partial charge on any atom is 0.163 e. The Morgan fingerprint density at radius 3 is 2.79 bits per heavy atom. The summed E-state index contributed by atoms with van der Waals surface area (Å²) < 4.78 is 15.1. The highest BCUT2D eigenvalue weighted by Crippen LogP contribution is 2.55. The summed E-state index contributed by atoms with van der Waals surface area (Å²) in [6, 6.07) is 12.8. The average molecular weight is 511 g/mol. The Balaban J connectivity index is 1.31. The monoisotopic (exact) mass is 510 g/mol. The van der Waals surface area contributed by atoms with E-state index in [1.807, 2.05) is 32.2 Å². The van der Waals surface area contributed by atoms with Crippen molar-refractivity contribution in [3.05, 3.63) is 54.5 Å². The number of anilines is 2. The molecule has 196 valence electrons. The van der Waals surface area contributed by atoms with Crippen LogP contribution in [-0.2, 0) is 15.9 Å². The van der Waals surface area contributed by atoms with Crippen molar-refractivity contribution in [2.75, 3.05) is 11.1 Å². The van der Waals surface area contributed by atoms with Gasteiger partial charge >= 0.3 is 0 Å². The summed E-state index contributed by atoms with van der Waals surface area (Å²) in [6.45, 7) is 8.13. The average Bonchev–Trinajstić information content (AvgIpc) is 3.53. The number of pyridine rings is 1. The van der Waals surface area contributed by atoms with Gasteiger partial charge in [0, 0.05) is 17.6 Å². The molecule has 0 radical (unpaired) electrons. The lowest BCUT2D eigenvalue weighted by Crippen LogP contribution is -2.35. The van der Waals surface area contributed by atoms with Crippen molar-refractivity contribution in [1.29, 1.82) is 0 Å². The molecule has 6 rings (SSSR count). The van der Waals surface area contributed by atoms with Gasteiger partial charge in [0.15, 0.2) is 5.79 Å². The van der Waals surface area contributed by atoms with Crippen molar-refractivity contribution in [2.24, 2.45) is 5.41 Å². The minimum atomic E-state index is -0.722.